The fraction of sp³-hybridized carbons (Fsp3) is 0.846. The van der Waals surface area contributed by atoms with E-state index in [1.54, 1.807) is 0 Å². The van der Waals surface area contributed by atoms with Crippen molar-refractivity contribution in [1.29, 1.82) is 0 Å². The fourth-order valence-electron chi connectivity index (χ4n) is 5.85. The molecule has 1 aliphatic heterocycles. The van der Waals surface area contributed by atoms with Gasteiger partial charge in [-0.05, 0) is 90.1 Å². The molecule has 0 aromatic heterocycles. The number of allylic oxidation sites excluding steroid dienone is 4. The number of carbonyl (C=O) groups is 2. The maximum atomic E-state index is 12.6. The van der Waals surface area contributed by atoms with Gasteiger partial charge in [0.1, 0.15) is 12.7 Å². The molecule has 0 aromatic carbocycles. The number of ether oxygens (including phenoxy) is 2. The number of rotatable bonds is 31. The molecular formula is C39H71NO4. The zero-order valence-electron chi connectivity index (χ0n) is 29.2. The zero-order chi connectivity index (χ0) is 31.8. The summed E-state index contributed by atoms with van der Waals surface area (Å²) in [5.41, 5.74) is 0. The van der Waals surface area contributed by atoms with Crippen molar-refractivity contribution in [2.45, 2.75) is 187 Å². The van der Waals surface area contributed by atoms with Gasteiger partial charge >= 0.3 is 11.9 Å². The van der Waals surface area contributed by atoms with Crippen LogP contribution in [0.2, 0.25) is 0 Å². The van der Waals surface area contributed by atoms with Crippen molar-refractivity contribution in [3.8, 4) is 0 Å². The third kappa shape index (κ3) is 26.8. The van der Waals surface area contributed by atoms with E-state index >= 15 is 0 Å². The molecule has 44 heavy (non-hydrogen) atoms. The molecule has 0 saturated carbocycles. The maximum absolute atomic E-state index is 12.6. The van der Waals surface area contributed by atoms with Crippen molar-refractivity contribution in [2.24, 2.45) is 0 Å². The monoisotopic (exact) mass is 618 g/mol. The highest BCUT2D eigenvalue weighted by Crippen LogP contribution is 2.14. The van der Waals surface area contributed by atoms with E-state index in [2.05, 4.69) is 43.1 Å². The predicted octanol–water partition coefficient (Wildman–Crippen LogP) is 11.1. The Labute approximate surface area is 273 Å². The third-order valence-corrected chi connectivity index (χ3v) is 8.67. The van der Waals surface area contributed by atoms with Crippen LogP contribution >= 0.6 is 0 Å². The van der Waals surface area contributed by atoms with Crippen LogP contribution in [0.25, 0.3) is 0 Å². The minimum Gasteiger partial charge on any atom is -0.462 e. The Morgan fingerprint density at radius 3 is 1.45 bits per heavy atom. The van der Waals surface area contributed by atoms with Gasteiger partial charge in [-0.3, -0.25) is 14.5 Å². The second-order valence-electron chi connectivity index (χ2n) is 13.1. The van der Waals surface area contributed by atoms with Gasteiger partial charge in [0.2, 0.25) is 0 Å². The van der Waals surface area contributed by atoms with Crippen molar-refractivity contribution in [3.63, 3.8) is 0 Å². The summed E-state index contributed by atoms with van der Waals surface area (Å²) >= 11 is 0. The molecule has 256 valence electrons. The summed E-state index contributed by atoms with van der Waals surface area (Å²) < 4.78 is 11.4. The lowest BCUT2D eigenvalue weighted by Gasteiger charge is -2.23. The van der Waals surface area contributed by atoms with Gasteiger partial charge < -0.3 is 9.47 Å². The summed E-state index contributed by atoms with van der Waals surface area (Å²) in [7, 11) is 0. The number of unbranched alkanes of at least 4 members (excludes halogenated alkanes) is 18. The first-order chi connectivity index (χ1) is 21.7. The first-order valence-electron chi connectivity index (χ1n) is 19.0. The van der Waals surface area contributed by atoms with Crippen molar-refractivity contribution in [1.82, 2.24) is 4.90 Å². The van der Waals surface area contributed by atoms with E-state index in [4.69, 9.17) is 9.47 Å². The van der Waals surface area contributed by atoms with Crippen LogP contribution in [0, 0.1) is 0 Å². The Morgan fingerprint density at radius 1 is 0.568 bits per heavy atom. The Morgan fingerprint density at radius 2 is 0.977 bits per heavy atom. The lowest BCUT2D eigenvalue weighted by atomic mass is 10.1. The summed E-state index contributed by atoms with van der Waals surface area (Å²) in [6.45, 7) is 7.42. The molecule has 0 aliphatic carbocycles. The molecule has 0 spiro atoms. The lowest BCUT2D eigenvalue weighted by molar-refractivity contribution is -0.160. The topological polar surface area (TPSA) is 55.8 Å². The van der Waals surface area contributed by atoms with Crippen LogP contribution < -0.4 is 0 Å². The molecule has 1 atom stereocenters. The molecule has 5 nitrogen and oxygen atoms in total. The second kappa shape index (κ2) is 31.4. The third-order valence-electron chi connectivity index (χ3n) is 8.67. The molecule has 1 heterocycles. The number of likely N-dealkylation sites (tertiary alicyclic amines) is 1. The molecule has 1 fully saturated rings. The van der Waals surface area contributed by atoms with Crippen LogP contribution in [0.15, 0.2) is 24.3 Å². The minimum absolute atomic E-state index is 0.150. The van der Waals surface area contributed by atoms with Gasteiger partial charge in [0.15, 0.2) is 0 Å². The van der Waals surface area contributed by atoms with E-state index in [0.717, 1.165) is 38.8 Å². The van der Waals surface area contributed by atoms with Crippen LogP contribution in [0.5, 0.6) is 0 Å². The standard InChI is InChI=1S/C39H71NO4/c1-3-5-7-9-11-13-15-17-19-21-23-25-27-31-38(41)43-36-37(35-40-33-29-30-34-40)44-39(42)32-28-26-24-22-20-18-16-14-12-10-8-6-4-2/h13-16,37H,3-12,17-36H2,1-2H3/b15-13-,16-14-. The molecular weight excluding hydrogens is 546 g/mol. The van der Waals surface area contributed by atoms with Gasteiger partial charge in [-0.15, -0.1) is 0 Å². The van der Waals surface area contributed by atoms with Gasteiger partial charge in [-0.25, -0.2) is 0 Å². The van der Waals surface area contributed by atoms with E-state index < -0.39 is 0 Å². The van der Waals surface area contributed by atoms with Gasteiger partial charge in [0.25, 0.3) is 0 Å². The zero-order valence-corrected chi connectivity index (χ0v) is 29.2. The smallest absolute Gasteiger partial charge is 0.306 e. The first kappa shape index (κ1) is 40.4. The molecule has 1 rings (SSSR count). The molecule has 5 heteroatoms. The maximum Gasteiger partial charge on any atom is 0.306 e. The summed E-state index contributed by atoms with van der Waals surface area (Å²) in [6.07, 6.45) is 38.8. The van der Waals surface area contributed by atoms with E-state index in [0.29, 0.717) is 19.4 Å². The van der Waals surface area contributed by atoms with Gasteiger partial charge in [0.05, 0.1) is 0 Å². The van der Waals surface area contributed by atoms with Gasteiger partial charge in [-0.2, -0.15) is 0 Å². The molecule has 1 aliphatic rings. The Kier molecular flexibility index (Phi) is 28.8. The average Bonchev–Trinajstić information content (AvgIpc) is 3.53. The largest absolute Gasteiger partial charge is 0.462 e. The Balaban J connectivity index is 2.11. The SMILES string of the molecule is CCCCCC/C=C\CCCCCCCC(=O)OCC(CN1CCCC1)OC(=O)CCCCCCC/C=C\CCCCCC. The number of carbonyl (C=O) groups excluding carboxylic acids is 2. The van der Waals surface area contributed by atoms with Crippen molar-refractivity contribution < 1.29 is 19.1 Å². The minimum atomic E-state index is -0.363. The van der Waals surface area contributed by atoms with E-state index in [9.17, 15) is 9.59 Å². The summed E-state index contributed by atoms with van der Waals surface area (Å²) in [4.78, 5) is 27.3. The van der Waals surface area contributed by atoms with Crippen LogP contribution in [-0.2, 0) is 19.1 Å². The molecule has 0 radical (unpaired) electrons. The van der Waals surface area contributed by atoms with E-state index in [-0.39, 0.29) is 24.6 Å². The van der Waals surface area contributed by atoms with Crippen molar-refractivity contribution >= 4 is 11.9 Å². The normalized spacial score (nSPS) is 14.6. The number of hydrogen-bond donors (Lipinski definition) is 0. The predicted molar refractivity (Wildman–Crippen MR) is 187 cm³/mol. The molecule has 1 saturated heterocycles. The highest BCUT2D eigenvalue weighted by atomic mass is 16.6. The quantitative estimate of drug-likeness (QED) is 0.0440. The Bertz CT molecular complexity index is 713. The fourth-order valence-corrected chi connectivity index (χ4v) is 5.85. The number of esters is 2. The van der Waals surface area contributed by atoms with Crippen molar-refractivity contribution in [2.75, 3.05) is 26.2 Å². The lowest BCUT2D eigenvalue weighted by Crippen LogP contribution is -2.37. The molecule has 0 aromatic rings. The van der Waals surface area contributed by atoms with Crippen LogP contribution in [0.1, 0.15) is 181 Å². The highest BCUT2D eigenvalue weighted by molar-refractivity contribution is 5.70. The van der Waals surface area contributed by atoms with E-state index in [1.807, 2.05) is 0 Å². The van der Waals surface area contributed by atoms with Crippen LogP contribution in [-0.4, -0.2) is 49.2 Å². The van der Waals surface area contributed by atoms with Gasteiger partial charge in [0, 0.05) is 19.4 Å². The molecule has 1 unspecified atom stereocenters. The first-order valence-corrected chi connectivity index (χ1v) is 19.0. The van der Waals surface area contributed by atoms with Gasteiger partial charge in [-0.1, -0.05) is 115 Å². The number of hydrogen-bond acceptors (Lipinski definition) is 5. The Hall–Kier alpha value is -1.62. The van der Waals surface area contributed by atoms with Crippen molar-refractivity contribution in [3.05, 3.63) is 24.3 Å². The summed E-state index contributed by atoms with van der Waals surface area (Å²) in [5.74, 6) is -0.313. The summed E-state index contributed by atoms with van der Waals surface area (Å²) in [5, 5.41) is 0. The summed E-state index contributed by atoms with van der Waals surface area (Å²) in [6, 6.07) is 0. The highest BCUT2D eigenvalue weighted by Gasteiger charge is 2.22. The molecule has 0 N–H and O–H groups in total. The molecule has 0 bridgehead atoms. The average molecular weight is 618 g/mol. The van der Waals surface area contributed by atoms with E-state index in [1.165, 1.54) is 128 Å². The van der Waals surface area contributed by atoms with Crippen LogP contribution in [0.4, 0.5) is 0 Å². The van der Waals surface area contributed by atoms with Crippen LogP contribution in [0.3, 0.4) is 0 Å². The molecule has 0 amide bonds. The number of nitrogens with zero attached hydrogens (tertiary/aromatic N) is 1. The second-order valence-corrected chi connectivity index (χ2v) is 13.1.